The predicted octanol–water partition coefficient (Wildman–Crippen LogP) is 2.37. The lowest BCUT2D eigenvalue weighted by Crippen LogP contribution is -2.33. The molecule has 0 atom stereocenters. The van der Waals surface area contributed by atoms with Crippen LogP contribution < -0.4 is 19.5 Å². The minimum absolute atomic E-state index is 0.0389. The summed E-state index contributed by atoms with van der Waals surface area (Å²) in [5, 5.41) is 9.58. The molecule has 0 aliphatic carbocycles. The number of Topliss-reactive ketones (excluding diaryl/α,β-unsaturated/α-hetero) is 1. The monoisotopic (exact) mass is 384 g/mol. The Bertz CT molecular complexity index is 1090. The van der Waals surface area contributed by atoms with E-state index in [0.29, 0.717) is 15.7 Å². The van der Waals surface area contributed by atoms with Gasteiger partial charge in [0.05, 0.1) is 11.6 Å². The van der Waals surface area contributed by atoms with E-state index < -0.39 is 5.41 Å². The molecular weight excluding hydrogens is 360 g/mol. The summed E-state index contributed by atoms with van der Waals surface area (Å²) in [7, 11) is 1.61. The zero-order valence-corrected chi connectivity index (χ0v) is 17.4. The lowest BCUT2D eigenvalue weighted by atomic mass is 9.87. The molecule has 0 spiro atoms. The largest absolute Gasteiger partial charge is 0.496 e. The highest BCUT2D eigenvalue weighted by Gasteiger charge is 2.27. The first-order valence-corrected chi connectivity index (χ1v) is 9.50. The third-order valence-electron chi connectivity index (χ3n) is 4.17. The van der Waals surface area contributed by atoms with E-state index in [9.17, 15) is 14.9 Å². The molecule has 1 heterocycles. The number of carbonyl (C=O) groups excluding carboxylic acids is 1. The van der Waals surface area contributed by atoms with E-state index >= 15 is 0 Å². The van der Waals surface area contributed by atoms with Gasteiger partial charge in [0, 0.05) is 12.0 Å². The van der Waals surface area contributed by atoms with Crippen LogP contribution in [0, 0.1) is 23.7 Å². The SMILES string of the molecule is CCn1c(=O)/c(=C/c2ccc(OC)c(C)c2)s/c1=C(\C#N)C(=O)C(C)(C)C. The maximum absolute atomic E-state index is 12.8. The Balaban J connectivity index is 2.79. The Hall–Kier alpha value is -2.65. The van der Waals surface area contributed by atoms with E-state index in [4.69, 9.17) is 4.74 Å². The van der Waals surface area contributed by atoms with Gasteiger partial charge in [0.25, 0.3) is 5.56 Å². The van der Waals surface area contributed by atoms with Crippen LogP contribution in [0.1, 0.15) is 38.8 Å². The van der Waals surface area contributed by atoms with Crippen LogP contribution in [0.3, 0.4) is 0 Å². The lowest BCUT2D eigenvalue weighted by molar-refractivity contribution is -0.120. The third kappa shape index (κ3) is 4.20. The number of benzene rings is 1. The van der Waals surface area contributed by atoms with Gasteiger partial charge in [-0.3, -0.25) is 14.2 Å². The van der Waals surface area contributed by atoms with Gasteiger partial charge in [-0.05, 0) is 43.2 Å². The van der Waals surface area contributed by atoms with E-state index in [1.165, 1.54) is 15.9 Å². The van der Waals surface area contributed by atoms with E-state index in [1.807, 2.05) is 38.1 Å². The second kappa shape index (κ2) is 7.93. The number of hydrogen-bond donors (Lipinski definition) is 0. The molecule has 6 heteroatoms. The minimum Gasteiger partial charge on any atom is -0.496 e. The first kappa shape index (κ1) is 20.7. The molecule has 0 unspecified atom stereocenters. The van der Waals surface area contributed by atoms with Gasteiger partial charge in [-0.1, -0.05) is 26.8 Å². The van der Waals surface area contributed by atoms with Gasteiger partial charge < -0.3 is 4.74 Å². The number of aryl methyl sites for hydroxylation is 1. The van der Waals surface area contributed by atoms with Crippen molar-refractivity contribution in [2.24, 2.45) is 5.41 Å². The standard InChI is InChI=1S/C21H24N2O3S/c1-7-23-19(25)17(11-14-8-9-16(26-6)13(2)10-14)27-20(23)15(12-22)18(24)21(3,4)5/h8-11H,7H2,1-6H3/b17-11-,20-15+. The van der Waals surface area contributed by atoms with Crippen molar-refractivity contribution in [1.82, 2.24) is 4.57 Å². The number of carbonyl (C=O) groups is 1. The molecule has 2 rings (SSSR count). The van der Waals surface area contributed by atoms with Crippen molar-refractivity contribution >= 4 is 28.8 Å². The molecule has 0 saturated heterocycles. The fourth-order valence-corrected chi connectivity index (χ4v) is 3.87. The summed E-state index contributed by atoms with van der Waals surface area (Å²) in [5.74, 6) is 0.515. The fourth-order valence-electron chi connectivity index (χ4n) is 2.71. The van der Waals surface area contributed by atoms with Gasteiger partial charge in [0.1, 0.15) is 22.1 Å². The summed E-state index contributed by atoms with van der Waals surface area (Å²) >= 11 is 1.18. The Morgan fingerprint density at radius 1 is 1.37 bits per heavy atom. The summed E-state index contributed by atoms with van der Waals surface area (Å²) in [5.41, 5.74) is 0.978. The number of ether oxygens (including phenoxy) is 1. The summed E-state index contributed by atoms with van der Waals surface area (Å²) in [4.78, 5) is 25.5. The number of rotatable bonds is 4. The molecule has 0 amide bonds. The molecule has 0 bridgehead atoms. The van der Waals surface area contributed by atoms with Gasteiger partial charge in [-0.25, -0.2) is 0 Å². The molecule has 1 aromatic heterocycles. The van der Waals surface area contributed by atoms with Crippen LogP contribution in [0.5, 0.6) is 5.75 Å². The van der Waals surface area contributed by atoms with Crippen molar-refractivity contribution in [2.75, 3.05) is 7.11 Å². The molecule has 0 aliphatic rings. The third-order valence-corrected chi connectivity index (χ3v) is 5.30. The van der Waals surface area contributed by atoms with Crippen LogP contribution in [0.2, 0.25) is 0 Å². The van der Waals surface area contributed by atoms with Crippen LogP contribution >= 0.6 is 11.3 Å². The van der Waals surface area contributed by atoms with Crippen molar-refractivity contribution in [3.8, 4) is 11.8 Å². The smallest absolute Gasteiger partial charge is 0.269 e. The van der Waals surface area contributed by atoms with Gasteiger partial charge >= 0.3 is 0 Å². The summed E-state index contributed by atoms with van der Waals surface area (Å²) in [6.45, 7) is 9.45. The molecule has 0 radical (unpaired) electrons. The fraction of sp³-hybridized carbons (Fsp3) is 0.381. The van der Waals surface area contributed by atoms with E-state index in [1.54, 1.807) is 34.0 Å². The molecular formula is C21H24N2O3S. The van der Waals surface area contributed by atoms with Crippen molar-refractivity contribution in [3.05, 3.63) is 48.9 Å². The summed E-state index contributed by atoms with van der Waals surface area (Å²) < 4.78 is 7.67. The van der Waals surface area contributed by atoms with Crippen LogP contribution in [-0.2, 0) is 11.3 Å². The van der Waals surface area contributed by atoms with Gasteiger partial charge in [0.15, 0.2) is 5.78 Å². The summed E-state index contributed by atoms with van der Waals surface area (Å²) in [6.07, 6.45) is 1.78. The average Bonchev–Trinajstić information content (AvgIpc) is 2.90. The molecule has 2 aromatic rings. The van der Waals surface area contributed by atoms with Gasteiger partial charge in [-0.15, -0.1) is 11.3 Å². The number of methoxy groups -OCH3 is 1. The number of aromatic nitrogens is 1. The van der Waals surface area contributed by atoms with Crippen molar-refractivity contribution < 1.29 is 9.53 Å². The zero-order chi connectivity index (χ0) is 20.4. The second-order valence-corrected chi connectivity index (χ2v) is 8.29. The second-order valence-electron chi connectivity index (χ2n) is 7.26. The average molecular weight is 385 g/mol. The van der Waals surface area contributed by atoms with E-state index in [0.717, 1.165) is 16.9 Å². The van der Waals surface area contributed by atoms with Crippen LogP contribution in [0.25, 0.3) is 11.6 Å². The Morgan fingerprint density at radius 2 is 2.04 bits per heavy atom. The number of ketones is 1. The number of thiazole rings is 1. The maximum Gasteiger partial charge on any atom is 0.269 e. The van der Waals surface area contributed by atoms with Gasteiger partial charge in [-0.2, -0.15) is 5.26 Å². The summed E-state index contributed by atoms with van der Waals surface area (Å²) in [6, 6.07) is 7.67. The van der Waals surface area contributed by atoms with Crippen LogP contribution in [0.15, 0.2) is 23.0 Å². The van der Waals surface area contributed by atoms with Gasteiger partial charge in [0.2, 0.25) is 0 Å². The molecule has 142 valence electrons. The lowest BCUT2D eigenvalue weighted by Gasteiger charge is -2.15. The molecule has 0 aliphatic heterocycles. The van der Waals surface area contributed by atoms with Crippen molar-refractivity contribution in [2.45, 2.75) is 41.2 Å². The Labute approximate surface area is 162 Å². The maximum atomic E-state index is 12.8. The molecule has 1 aromatic carbocycles. The first-order valence-electron chi connectivity index (χ1n) is 8.69. The van der Waals surface area contributed by atoms with E-state index in [2.05, 4.69) is 0 Å². The highest BCUT2D eigenvalue weighted by Crippen LogP contribution is 2.20. The highest BCUT2D eigenvalue weighted by atomic mass is 32.1. The van der Waals surface area contributed by atoms with Crippen LogP contribution in [0.4, 0.5) is 0 Å². The molecule has 0 fully saturated rings. The topological polar surface area (TPSA) is 72.1 Å². The molecule has 0 N–H and O–H groups in total. The minimum atomic E-state index is -0.694. The van der Waals surface area contributed by atoms with E-state index in [-0.39, 0.29) is 16.9 Å². The molecule has 27 heavy (non-hydrogen) atoms. The highest BCUT2D eigenvalue weighted by molar-refractivity contribution is 7.07. The van der Waals surface area contributed by atoms with Crippen molar-refractivity contribution in [3.63, 3.8) is 0 Å². The zero-order valence-electron chi connectivity index (χ0n) is 16.5. The predicted molar refractivity (Wildman–Crippen MR) is 108 cm³/mol. The van der Waals surface area contributed by atoms with Crippen LogP contribution in [-0.4, -0.2) is 17.5 Å². The Kier molecular flexibility index (Phi) is 6.07. The Morgan fingerprint density at radius 3 is 2.52 bits per heavy atom. The first-order chi connectivity index (χ1) is 12.6. The quantitative estimate of drug-likeness (QED) is 0.811. The normalized spacial score (nSPS) is 13.3. The molecule has 0 saturated carbocycles. The number of nitriles is 1. The number of hydrogen-bond acceptors (Lipinski definition) is 5. The molecule has 5 nitrogen and oxygen atoms in total. The number of nitrogens with zero attached hydrogens (tertiary/aromatic N) is 2. The van der Waals surface area contributed by atoms with Crippen molar-refractivity contribution in [1.29, 1.82) is 5.26 Å².